The fraction of sp³-hybridized carbons (Fsp3) is 0.0385. The summed E-state index contributed by atoms with van der Waals surface area (Å²) in [5.74, 6) is -0.428. The van der Waals surface area contributed by atoms with Crippen LogP contribution in [0.2, 0.25) is 0 Å². The lowest BCUT2D eigenvalue weighted by Crippen LogP contribution is -2.16. The van der Waals surface area contributed by atoms with Gasteiger partial charge in [-0.25, -0.2) is 10.2 Å². The van der Waals surface area contributed by atoms with Crippen molar-refractivity contribution in [3.05, 3.63) is 95.4 Å². The van der Waals surface area contributed by atoms with Crippen LogP contribution in [0.3, 0.4) is 0 Å². The predicted molar refractivity (Wildman–Crippen MR) is 125 cm³/mol. The number of aromatic carboxylic acids is 1. The van der Waals surface area contributed by atoms with Crippen molar-refractivity contribution in [2.45, 2.75) is 6.92 Å². The molecule has 162 valence electrons. The predicted octanol–water partition coefficient (Wildman–Crippen LogP) is 5.62. The molecule has 0 unspecified atom stereocenters. The van der Waals surface area contributed by atoms with E-state index in [-0.39, 0.29) is 11.3 Å². The van der Waals surface area contributed by atoms with E-state index < -0.39 is 11.9 Å². The Labute approximate surface area is 187 Å². The minimum atomic E-state index is -1.01. The van der Waals surface area contributed by atoms with Crippen LogP contribution in [0.15, 0.2) is 86.7 Å². The molecule has 2 N–H and O–H groups in total. The van der Waals surface area contributed by atoms with Gasteiger partial charge in [-0.3, -0.25) is 4.79 Å². The second-order valence-electron chi connectivity index (χ2n) is 7.55. The molecule has 7 nitrogen and oxygen atoms in total. The van der Waals surface area contributed by atoms with Gasteiger partial charge in [0.1, 0.15) is 17.1 Å². The van der Waals surface area contributed by atoms with Gasteiger partial charge < -0.3 is 13.9 Å². The molecule has 0 fully saturated rings. The van der Waals surface area contributed by atoms with E-state index in [1.54, 1.807) is 36.4 Å². The first-order valence-electron chi connectivity index (χ1n) is 10.2. The number of nitrogens with zero attached hydrogens (tertiary/aromatic N) is 1. The average molecular weight is 438 g/mol. The third kappa shape index (κ3) is 3.87. The minimum Gasteiger partial charge on any atom is -0.478 e. The number of rotatable bonds is 5. The second kappa shape index (κ2) is 8.12. The number of hydrogen-bond donors (Lipinski definition) is 2. The van der Waals surface area contributed by atoms with Gasteiger partial charge in [-0.1, -0.05) is 36.4 Å². The molecule has 0 aliphatic heterocycles. The van der Waals surface area contributed by atoms with E-state index in [1.165, 1.54) is 6.21 Å². The highest BCUT2D eigenvalue weighted by Crippen LogP contribution is 2.28. The fourth-order valence-electron chi connectivity index (χ4n) is 3.70. The summed E-state index contributed by atoms with van der Waals surface area (Å²) in [7, 11) is 0. The minimum absolute atomic E-state index is 0.153. The number of aryl methyl sites for hydroxylation is 1. The highest BCUT2D eigenvalue weighted by molar-refractivity contribution is 6.08. The van der Waals surface area contributed by atoms with E-state index in [0.717, 1.165) is 21.7 Å². The van der Waals surface area contributed by atoms with Gasteiger partial charge in [0.15, 0.2) is 5.76 Å². The molecule has 0 aliphatic carbocycles. The number of hydrazone groups is 1. The molecule has 0 atom stereocenters. The van der Waals surface area contributed by atoms with Gasteiger partial charge in [0, 0.05) is 10.9 Å². The van der Waals surface area contributed by atoms with Gasteiger partial charge in [0.05, 0.1) is 11.8 Å². The Morgan fingerprint density at radius 1 is 0.939 bits per heavy atom. The quantitative estimate of drug-likeness (QED) is 0.274. The van der Waals surface area contributed by atoms with Crippen LogP contribution in [-0.4, -0.2) is 23.2 Å². The SMILES string of the molecule is Cc1ccc(C(=O)O)cc1-c1ccc(/C=N/NC(=O)c2cc3c(ccc4ccccc43)o2)o1. The molecule has 3 aromatic carbocycles. The standard InChI is InChI=1S/C26H18N2O5/c1-15-6-7-17(26(30)31)12-20(15)22-11-9-18(32-22)14-27-28-25(29)24-13-21-19-5-3-2-4-16(19)8-10-23(21)33-24/h2-14H,1H3,(H,28,29)(H,30,31)/b27-14+. The second-order valence-corrected chi connectivity index (χ2v) is 7.55. The maximum Gasteiger partial charge on any atom is 0.335 e. The molecule has 33 heavy (non-hydrogen) atoms. The summed E-state index contributed by atoms with van der Waals surface area (Å²) in [5, 5.41) is 16.1. The smallest absolute Gasteiger partial charge is 0.335 e. The number of carbonyl (C=O) groups excluding carboxylic acids is 1. The molecule has 7 heteroatoms. The van der Waals surface area contributed by atoms with Crippen LogP contribution in [-0.2, 0) is 0 Å². The molecule has 0 bridgehead atoms. The number of nitrogens with one attached hydrogen (secondary N) is 1. The monoisotopic (exact) mass is 438 g/mol. The van der Waals surface area contributed by atoms with Crippen molar-refractivity contribution < 1.29 is 23.5 Å². The lowest BCUT2D eigenvalue weighted by Gasteiger charge is -2.04. The van der Waals surface area contributed by atoms with E-state index in [1.807, 2.05) is 43.3 Å². The Kier molecular flexibility index (Phi) is 4.99. The summed E-state index contributed by atoms with van der Waals surface area (Å²) in [6, 6.07) is 21.6. The molecular formula is C26H18N2O5. The first kappa shape index (κ1) is 20.3. The van der Waals surface area contributed by atoms with Crippen LogP contribution in [0.5, 0.6) is 0 Å². The summed E-state index contributed by atoms with van der Waals surface area (Å²) in [4.78, 5) is 23.8. The molecule has 1 amide bonds. The van der Waals surface area contributed by atoms with E-state index in [4.69, 9.17) is 8.83 Å². The van der Waals surface area contributed by atoms with Crippen molar-refractivity contribution in [1.29, 1.82) is 0 Å². The number of furan rings is 2. The molecule has 5 rings (SSSR count). The van der Waals surface area contributed by atoms with Gasteiger partial charge in [-0.2, -0.15) is 5.10 Å². The lowest BCUT2D eigenvalue weighted by molar-refractivity contribution is 0.0696. The summed E-state index contributed by atoms with van der Waals surface area (Å²) in [6.45, 7) is 1.87. The first-order valence-corrected chi connectivity index (χ1v) is 10.2. The fourth-order valence-corrected chi connectivity index (χ4v) is 3.70. The van der Waals surface area contributed by atoms with Crippen molar-refractivity contribution in [3.63, 3.8) is 0 Å². The maximum absolute atomic E-state index is 12.5. The van der Waals surface area contributed by atoms with Crippen molar-refractivity contribution in [2.75, 3.05) is 0 Å². The summed E-state index contributed by atoms with van der Waals surface area (Å²) < 4.78 is 11.4. The molecule has 0 saturated carbocycles. The Morgan fingerprint density at radius 2 is 1.79 bits per heavy atom. The number of hydrogen-bond acceptors (Lipinski definition) is 5. The molecule has 2 aromatic heterocycles. The van der Waals surface area contributed by atoms with Crippen molar-refractivity contribution in [1.82, 2.24) is 5.43 Å². The van der Waals surface area contributed by atoms with E-state index in [2.05, 4.69) is 10.5 Å². The van der Waals surface area contributed by atoms with Crippen LogP contribution >= 0.6 is 0 Å². The summed E-state index contributed by atoms with van der Waals surface area (Å²) in [5.41, 5.74) is 4.79. The summed E-state index contributed by atoms with van der Waals surface area (Å²) >= 11 is 0. The number of amides is 1. The zero-order valence-electron chi connectivity index (χ0n) is 17.5. The van der Waals surface area contributed by atoms with Crippen molar-refractivity contribution in [2.24, 2.45) is 5.10 Å². The van der Waals surface area contributed by atoms with Gasteiger partial charge in [0.25, 0.3) is 0 Å². The lowest BCUT2D eigenvalue weighted by atomic mass is 10.0. The Balaban J connectivity index is 1.33. The molecule has 5 aromatic rings. The van der Waals surface area contributed by atoms with Crippen molar-refractivity contribution >= 4 is 39.8 Å². The molecule has 0 aliphatic rings. The first-order chi connectivity index (χ1) is 16.0. The Bertz CT molecular complexity index is 1560. The normalized spacial score (nSPS) is 11.4. The van der Waals surface area contributed by atoms with Gasteiger partial charge in [0.2, 0.25) is 0 Å². The van der Waals surface area contributed by atoms with Crippen molar-refractivity contribution in [3.8, 4) is 11.3 Å². The molecule has 0 spiro atoms. The number of carbonyl (C=O) groups is 2. The number of fused-ring (bicyclic) bond motifs is 3. The third-order valence-electron chi connectivity index (χ3n) is 5.38. The van der Waals surface area contributed by atoms with Gasteiger partial charge in [-0.05, 0) is 59.7 Å². The molecule has 0 radical (unpaired) electrons. The zero-order chi connectivity index (χ0) is 22.9. The highest BCUT2D eigenvalue weighted by Gasteiger charge is 2.14. The third-order valence-corrected chi connectivity index (χ3v) is 5.38. The van der Waals surface area contributed by atoms with Gasteiger partial charge in [-0.15, -0.1) is 0 Å². The topological polar surface area (TPSA) is 105 Å². The highest BCUT2D eigenvalue weighted by atomic mass is 16.4. The Morgan fingerprint density at radius 3 is 2.64 bits per heavy atom. The molecule has 0 saturated heterocycles. The van der Waals surface area contributed by atoms with Crippen LogP contribution in [0.1, 0.15) is 32.2 Å². The molecule has 2 heterocycles. The van der Waals surface area contributed by atoms with E-state index >= 15 is 0 Å². The van der Waals surface area contributed by atoms with Crippen LogP contribution in [0.25, 0.3) is 33.1 Å². The maximum atomic E-state index is 12.5. The van der Waals surface area contributed by atoms with Gasteiger partial charge >= 0.3 is 11.9 Å². The molecular weight excluding hydrogens is 420 g/mol. The van der Waals surface area contributed by atoms with Crippen LogP contribution < -0.4 is 5.43 Å². The van der Waals surface area contributed by atoms with E-state index in [0.29, 0.717) is 22.7 Å². The van der Waals surface area contributed by atoms with Crippen LogP contribution in [0, 0.1) is 6.92 Å². The largest absolute Gasteiger partial charge is 0.478 e. The van der Waals surface area contributed by atoms with E-state index in [9.17, 15) is 14.7 Å². The average Bonchev–Trinajstić information content (AvgIpc) is 3.46. The Hall–Kier alpha value is -4.65. The zero-order valence-corrected chi connectivity index (χ0v) is 17.5. The summed E-state index contributed by atoms with van der Waals surface area (Å²) in [6.07, 6.45) is 1.37. The number of carboxylic acid groups (broad SMARTS) is 1. The van der Waals surface area contributed by atoms with Crippen LogP contribution in [0.4, 0.5) is 0 Å². The number of benzene rings is 3. The number of carboxylic acids is 1.